The van der Waals surface area contributed by atoms with Crippen LogP contribution >= 0.6 is 0 Å². The summed E-state index contributed by atoms with van der Waals surface area (Å²) in [6.07, 6.45) is -1.26. The van der Waals surface area contributed by atoms with Gasteiger partial charge in [0.1, 0.15) is 12.6 Å². The second kappa shape index (κ2) is 4.44. The van der Waals surface area contributed by atoms with Gasteiger partial charge in [-0.05, 0) is 0 Å². The molecule has 3 aliphatic heterocycles. The Labute approximate surface area is 125 Å². The number of ether oxygens (including phenoxy) is 1. The SMILES string of the molecule is CC(=O)O[C@H]1C[N+]2=C(N)N[C@@H](CO)C3N=C(N)NC32C1(O)O. The van der Waals surface area contributed by atoms with Gasteiger partial charge in [-0.25, -0.2) is 9.57 Å². The number of guanidine groups is 2. The smallest absolute Gasteiger partial charge is 0.346 e. The average molecular weight is 315 g/mol. The molecule has 0 aromatic rings. The van der Waals surface area contributed by atoms with Crippen molar-refractivity contribution in [3.8, 4) is 0 Å². The number of rotatable bonds is 2. The monoisotopic (exact) mass is 315 g/mol. The van der Waals surface area contributed by atoms with Gasteiger partial charge in [-0.15, -0.1) is 0 Å². The maximum absolute atomic E-state index is 11.2. The maximum Gasteiger partial charge on any atom is 0.346 e. The van der Waals surface area contributed by atoms with E-state index in [0.29, 0.717) is 0 Å². The molecule has 3 heterocycles. The fourth-order valence-electron chi connectivity index (χ4n) is 3.44. The van der Waals surface area contributed by atoms with Gasteiger partial charge in [-0.2, -0.15) is 0 Å². The third kappa shape index (κ3) is 1.63. The molecule has 1 saturated heterocycles. The van der Waals surface area contributed by atoms with Crippen LogP contribution in [0, 0.1) is 0 Å². The van der Waals surface area contributed by atoms with Crippen molar-refractivity contribution in [1.29, 1.82) is 0 Å². The molecule has 11 nitrogen and oxygen atoms in total. The Bertz CT molecular complexity index is 590. The number of hydrogen-bond donors (Lipinski definition) is 7. The van der Waals surface area contributed by atoms with Crippen LogP contribution in [-0.2, 0) is 9.53 Å². The molecule has 0 amide bonds. The van der Waals surface area contributed by atoms with Crippen molar-refractivity contribution in [3.63, 3.8) is 0 Å². The summed E-state index contributed by atoms with van der Waals surface area (Å²) in [6.45, 7) is 0.737. The van der Waals surface area contributed by atoms with Crippen LogP contribution in [0.4, 0.5) is 0 Å². The molecular weight excluding hydrogens is 296 g/mol. The quantitative estimate of drug-likeness (QED) is 0.149. The molecule has 1 spiro atoms. The van der Waals surface area contributed by atoms with Crippen molar-refractivity contribution in [2.75, 3.05) is 13.2 Å². The molecule has 0 aliphatic carbocycles. The molecule has 22 heavy (non-hydrogen) atoms. The average Bonchev–Trinajstić information content (AvgIpc) is 2.87. The molecule has 3 rings (SSSR count). The van der Waals surface area contributed by atoms with Crippen LogP contribution in [0.25, 0.3) is 0 Å². The van der Waals surface area contributed by atoms with Crippen LogP contribution in [0.5, 0.6) is 0 Å². The predicted molar refractivity (Wildman–Crippen MR) is 72.3 cm³/mol. The summed E-state index contributed by atoms with van der Waals surface area (Å²) < 4.78 is 6.41. The largest absolute Gasteiger partial charge is 0.453 e. The van der Waals surface area contributed by atoms with E-state index in [1.54, 1.807) is 0 Å². The van der Waals surface area contributed by atoms with E-state index in [4.69, 9.17) is 16.2 Å². The first-order valence-electron chi connectivity index (χ1n) is 6.75. The van der Waals surface area contributed by atoms with E-state index >= 15 is 0 Å². The third-order valence-corrected chi connectivity index (χ3v) is 4.32. The Hall–Kier alpha value is -2.11. The van der Waals surface area contributed by atoms with Crippen LogP contribution < -0.4 is 22.1 Å². The molecule has 0 aromatic carbocycles. The number of carbonyl (C=O) groups is 1. The highest BCUT2D eigenvalue weighted by molar-refractivity contribution is 5.83. The van der Waals surface area contributed by atoms with Gasteiger partial charge in [0.15, 0.2) is 18.1 Å². The molecule has 2 unspecified atom stereocenters. The lowest BCUT2D eigenvalue weighted by Crippen LogP contribution is -2.78. The van der Waals surface area contributed by atoms with Crippen molar-refractivity contribution in [2.24, 2.45) is 16.5 Å². The van der Waals surface area contributed by atoms with Gasteiger partial charge >= 0.3 is 11.9 Å². The zero-order chi connectivity index (χ0) is 16.3. The molecule has 9 N–H and O–H groups in total. The molecular formula is C11H19N6O5+. The Morgan fingerprint density at radius 1 is 1.55 bits per heavy atom. The number of aliphatic hydroxyl groups excluding tert-OH is 1. The Morgan fingerprint density at radius 3 is 2.82 bits per heavy atom. The predicted octanol–water partition coefficient (Wildman–Crippen LogP) is -5.11. The van der Waals surface area contributed by atoms with Crippen LogP contribution in [0.1, 0.15) is 6.92 Å². The highest BCUT2D eigenvalue weighted by Gasteiger charge is 2.75. The maximum atomic E-state index is 11.2. The van der Waals surface area contributed by atoms with E-state index in [0.717, 1.165) is 6.92 Å². The van der Waals surface area contributed by atoms with Gasteiger partial charge in [0.2, 0.25) is 5.66 Å². The Balaban J connectivity index is 2.13. The van der Waals surface area contributed by atoms with E-state index in [1.807, 2.05) is 0 Å². The normalized spacial score (nSPS) is 38.5. The number of hydrogen-bond acceptors (Lipinski definition) is 10. The molecule has 0 aromatic heterocycles. The lowest BCUT2D eigenvalue weighted by molar-refractivity contribution is -0.623. The molecule has 1 fully saturated rings. The summed E-state index contributed by atoms with van der Waals surface area (Å²) in [6, 6.07) is -1.53. The minimum Gasteiger partial charge on any atom is -0.453 e. The van der Waals surface area contributed by atoms with E-state index in [-0.39, 0.29) is 25.1 Å². The number of nitrogens with two attached hydrogens (primary N) is 2. The Kier molecular flexibility index (Phi) is 2.99. The molecule has 122 valence electrons. The number of nitrogens with zero attached hydrogens (tertiary/aromatic N) is 2. The van der Waals surface area contributed by atoms with Gasteiger partial charge in [0, 0.05) is 6.92 Å². The van der Waals surface area contributed by atoms with E-state index in [1.165, 1.54) is 4.58 Å². The van der Waals surface area contributed by atoms with Crippen molar-refractivity contribution >= 4 is 17.9 Å². The number of aliphatic imine (C=N–C) groups is 1. The Morgan fingerprint density at radius 2 is 2.23 bits per heavy atom. The van der Waals surface area contributed by atoms with Crippen LogP contribution in [0.15, 0.2) is 4.99 Å². The minimum absolute atomic E-state index is 0.0269. The van der Waals surface area contributed by atoms with Crippen LogP contribution in [-0.4, -0.2) is 80.6 Å². The van der Waals surface area contributed by atoms with Crippen molar-refractivity contribution in [3.05, 3.63) is 0 Å². The highest BCUT2D eigenvalue weighted by atomic mass is 16.6. The molecule has 4 atom stereocenters. The van der Waals surface area contributed by atoms with E-state index in [2.05, 4.69) is 15.6 Å². The number of nitrogens with one attached hydrogen (secondary N) is 2. The summed E-state index contributed by atoms with van der Waals surface area (Å²) >= 11 is 0. The second-order valence-electron chi connectivity index (χ2n) is 5.60. The first kappa shape index (κ1) is 14.8. The topological polar surface area (TPSA) is 178 Å². The second-order valence-corrected chi connectivity index (χ2v) is 5.60. The van der Waals surface area contributed by atoms with Crippen molar-refractivity contribution in [2.45, 2.75) is 36.6 Å². The summed E-state index contributed by atoms with van der Waals surface area (Å²) in [7, 11) is 0. The molecule has 3 aliphatic rings. The zero-order valence-electron chi connectivity index (χ0n) is 11.9. The molecule has 0 saturated carbocycles. The van der Waals surface area contributed by atoms with Crippen LogP contribution in [0.2, 0.25) is 0 Å². The van der Waals surface area contributed by atoms with Crippen molar-refractivity contribution in [1.82, 2.24) is 10.6 Å². The zero-order valence-corrected chi connectivity index (χ0v) is 11.9. The van der Waals surface area contributed by atoms with Crippen LogP contribution in [0.3, 0.4) is 0 Å². The van der Waals surface area contributed by atoms with Gasteiger partial charge in [-0.3, -0.25) is 15.8 Å². The fraction of sp³-hybridized carbons (Fsp3) is 0.727. The fourth-order valence-corrected chi connectivity index (χ4v) is 3.44. The lowest BCUT2D eigenvalue weighted by Gasteiger charge is -2.42. The van der Waals surface area contributed by atoms with E-state index in [9.17, 15) is 20.1 Å². The standard InChI is InChI=1S/C11H18N6O5/c1-4(19)22-6-2-17-9(13)14-5(3-18)7-10(17,11(6,20)21)16-8(12)15-7/h5-7,18,20-21H,2-3H2,1H3,(H5,12,13,14,15,16)/p+1/t5-,6-,7?,10?/m0/s1. The minimum atomic E-state index is -2.52. The van der Waals surface area contributed by atoms with Gasteiger partial charge in [-0.1, -0.05) is 0 Å². The lowest BCUT2D eigenvalue weighted by atomic mass is 9.86. The van der Waals surface area contributed by atoms with Gasteiger partial charge in [0.05, 0.1) is 6.61 Å². The first-order valence-corrected chi connectivity index (χ1v) is 6.75. The van der Waals surface area contributed by atoms with Gasteiger partial charge < -0.3 is 31.1 Å². The summed E-state index contributed by atoms with van der Waals surface area (Å²) in [5.41, 5.74) is 10.00. The molecule has 0 radical (unpaired) electrons. The van der Waals surface area contributed by atoms with Crippen molar-refractivity contribution < 1.29 is 29.4 Å². The third-order valence-electron chi connectivity index (χ3n) is 4.32. The molecule has 11 heteroatoms. The number of aliphatic hydroxyl groups is 3. The highest BCUT2D eigenvalue weighted by Crippen LogP contribution is 2.42. The number of esters is 1. The van der Waals surface area contributed by atoms with E-state index < -0.39 is 35.6 Å². The van der Waals surface area contributed by atoms with Gasteiger partial charge in [0.25, 0.3) is 5.79 Å². The molecule has 0 bridgehead atoms. The summed E-state index contributed by atoms with van der Waals surface area (Å²) in [5, 5.41) is 36.4. The summed E-state index contributed by atoms with van der Waals surface area (Å²) in [5.74, 6) is -3.12. The number of carbonyl (C=O) groups excluding carboxylic acids is 1. The first-order chi connectivity index (χ1) is 10.2. The summed E-state index contributed by atoms with van der Waals surface area (Å²) in [4.78, 5) is 15.3.